The highest BCUT2D eigenvalue weighted by molar-refractivity contribution is 9.10. The Morgan fingerprint density at radius 1 is 1.30 bits per heavy atom. The number of carbonyl (C=O) groups is 3. The van der Waals surface area contributed by atoms with Gasteiger partial charge in [0.15, 0.2) is 16.3 Å². The van der Waals surface area contributed by atoms with Crippen LogP contribution in [0.4, 0.5) is 5.69 Å². The molecule has 0 spiro atoms. The molecular formula is C25H21BrN6O7S. The Morgan fingerprint density at radius 2 is 2.02 bits per heavy atom. The second-order valence-electron chi connectivity index (χ2n) is 9.74. The second-order valence-corrected chi connectivity index (χ2v) is 12.2. The Bertz CT molecular complexity index is 1670. The van der Waals surface area contributed by atoms with Gasteiger partial charge in [0.25, 0.3) is 17.4 Å². The normalized spacial score (nSPS) is 22.2. The number of ether oxygens (including phenoxy) is 1. The van der Waals surface area contributed by atoms with Crippen LogP contribution in [0.3, 0.4) is 0 Å². The van der Waals surface area contributed by atoms with Crippen molar-refractivity contribution in [2.75, 3.05) is 0 Å². The van der Waals surface area contributed by atoms with E-state index in [4.69, 9.17) is 4.74 Å². The number of carbonyl (C=O) groups excluding carboxylic acids is 2. The van der Waals surface area contributed by atoms with Crippen LogP contribution in [0.5, 0.6) is 0 Å². The number of carboxylic acid groups (broad SMARTS) is 1. The number of aryl methyl sites for hydroxylation is 2. The highest BCUT2D eigenvalue weighted by atomic mass is 79.9. The minimum Gasteiger partial charge on any atom is -0.477 e. The SMILES string of the molecule is CC(=O)OC(c1nc2nc(C)c3c(n2n1)CCC3)C1(Br)C(=O)N2C(C(=O)O)=C(Cc3ccc([N+](=O)[O-])cc3)S[C@@H]21. The number of nitrogens with zero attached hydrogens (tertiary/aromatic N) is 6. The number of carboxylic acids is 1. The molecule has 3 atom stereocenters. The molecule has 2 aromatic heterocycles. The molecule has 0 saturated carbocycles. The highest BCUT2D eigenvalue weighted by Gasteiger charge is 2.70. The van der Waals surface area contributed by atoms with Crippen LogP contribution in [-0.2, 0) is 38.4 Å². The maximum Gasteiger partial charge on any atom is 0.353 e. The topological polar surface area (TPSA) is 170 Å². The van der Waals surface area contributed by atoms with Crippen LogP contribution in [0.15, 0.2) is 34.9 Å². The molecule has 13 nitrogen and oxygen atoms in total. The van der Waals surface area contributed by atoms with Gasteiger partial charge in [-0.2, -0.15) is 4.98 Å². The fourth-order valence-corrected chi connectivity index (χ4v) is 7.95. The number of benzene rings is 1. The molecule has 3 aliphatic rings. The minimum atomic E-state index is -1.55. The van der Waals surface area contributed by atoms with Gasteiger partial charge in [-0.05, 0) is 37.3 Å². The van der Waals surface area contributed by atoms with Gasteiger partial charge in [0.2, 0.25) is 0 Å². The molecule has 2 unspecified atom stereocenters. The smallest absolute Gasteiger partial charge is 0.353 e. The van der Waals surface area contributed by atoms with Gasteiger partial charge in [0.1, 0.15) is 11.1 Å². The van der Waals surface area contributed by atoms with Gasteiger partial charge < -0.3 is 9.84 Å². The van der Waals surface area contributed by atoms with Gasteiger partial charge >= 0.3 is 11.9 Å². The lowest BCUT2D eigenvalue weighted by atomic mass is 9.90. The number of rotatable bonds is 7. The summed E-state index contributed by atoms with van der Waals surface area (Å²) >= 11 is 4.67. The molecule has 40 heavy (non-hydrogen) atoms. The summed E-state index contributed by atoms with van der Waals surface area (Å²) in [7, 11) is 0. The number of allylic oxidation sites excluding steroid dienone is 1. The van der Waals surface area contributed by atoms with E-state index in [1.807, 2.05) is 6.92 Å². The number of alkyl halides is 1. The Hall–Kier alpha value is -3.85. The molecule has 1 saturated heterocycles. The minimum absolute atomic E-state index is 0.0774. The van der Waals surface area contributed by atoms with Gasteiger partial charge in [0, 0.05) is 36.1 Å². The highest BCUT2D eigenvalue weighted by Crippen LogP contribution is 2.60. The number of β-lactam (4-membered cyclic amide) rings is 1. The number of fused-ring (bicyclic) bond motifs is 4. The number of hydrogen-bond acceptors (Lipinski definition) is 10. The molecule has 1 fully saturated rings. The van der Waals surface area contributed by atoms with E-state index in [0.29, 0.717) is 16.2 Å². The van der Waals surface area contributed by atoms with Crippen LogP contribution < -0.4 is 0 Å². The quantitative estimate of drug-likeness (QED) is 0.134. The monoisotopic (exact) mass is 628 g/mol. The Kier molecular flexibility index (Phi) is 6.18. The van der Waals surface area contributed by atoms with Crippen LogP contribution in [0, 0.1) is 17.0 Å². The zero-order valence-corrected chi connectivity index (χ0v) is 23.6. The Labute approximate surface area is 238 Å². The fourth-order valence-electron chi connectivity index (χ4n) is 5.46. The summed E-state index contributed by atoms with van der Waals surface area (Å²) in [5.74, 6) is -2.16. The number of thioether (sulfide) groups is 1. The molecule has 0 radical (unpaired) electrons. The van der Waals surface area contributed by atoms with Gasteiger partial charge in [-0.1, -0.05) is 28.1 Å². The van der Waals surface area contributed by atoms with E-state index in [9.17, 15) is 29.6 Å². The first-order valence-electron chi connectivity index (χ1n) is 12.3. The average Bonchev–Trinajstić information content (AvgIpc) is 3.63. The summed E-state index contributed by atoms with van der Waals surface area (Å²) in [6.07, 6.45) is 1.49. The molecule has 3 aromatic rings. The van der Waals surface area contributed by atoms with Crippen LogP contribution >= 0.6 is 27.7 Å². The number of nitro groups is 1. The number of esters is 1. The maximum atomic E-state index is 13.7. The Morgan fingerprint density at radius 3 is 2.67 bits per heavy atom. The van der Waals surface area contributed by atoms with E-state index in [1.165, 1.54) is 19.1 Å². The number of hydrogen-bond donors (Lipinski definition) is 1. The van der Waals surface area contributed by atoms with Gasteiger partial charge in [-0.15, -0.1) is 16.9 Å². The summed E-state index contributed by atoms with van der Waals surface area (Å²) in [5, 5.41) is 24.8. The third kappa shape index (κ3) is 3.90. The maximum absolute atomic E-state index is 13.7. The lowest BCUT2D eigenvalue weighted by Crippen LogP contribution is -2.70. The zero-order chi connectivity index (χ0) is 28.5. The second kappa shape index (κ2) is 9.37. The summed E-state index contributed by atoms with van der Waals surface area (Å²) in [6, 6.07) is 5.76. The lowest BCUT2D eigenvalue weighted by molar-refractivity contribution is -0.384. The van der Waals surface area contributed by atoms with E-state index in [0.717, 1.165) is 52.9 Å². The van der Waals surface area contributed by atoms with Crippen molar-refractivity contribution in [3.05, 3.63) is 73.3 Å². The van der Waals surface area contributed by atoms with Crippen molar-refractivity contribution in [2.45, 2.75) is 55.3 Å². The number of halogens is 1. The standard InChI is InChI=1S/C25H21BrN6O7S/c1-11-15-4-3-5-16(15)31-24(27-11)28-20(29-31)19(39-12(2)33)25(26)22(36)30-18(21(34)35)17(40-23(25)30)10-13-6-8-14(9-7-13)32(37)38/h6-9,19,23H,3-5,10H2,1-2H3,(H,34,35)/t19?,23-,25?/m1/s1. The predicted octanol–water partition coefficient (Wildman–Crippen LogP) is 3.02. The largest absolute Gasteiger partial charge is 0.477 e. The summed E-state index contributed by atoms with van der Waals surface area (Å²) < 4.78 is 5.72. The van der Waals surface area contributed by atoms with Crippen molar-refractivity contribution in [1.29, 1.82) is 0 Å². The van der Waals surface area contributed by atoms with Gasteiger partial charge in [0.05, 0.1) is 10.6 Å². The zero-order valence-electron chi connectivity index (χ0n) is 21.2. The van der Waals surface area contributed by atoms with E-state index in [2.05, 4.69) is 31.0 Å². The molecule has 15 heteroatoms. The van der Waals surface area contributed by atoms with Crippen LogP contribution in [0.2, 0.25) is 0 Å². The van der Waals surface area contributed by atoms with Crippen molar-refractivity contribution in [1.82, 2.24) is 24.5 Å². The number of non-ortho nitro benzene ring substituents is 1. The third-order valence-electron chi connectivity index (χ3n) is 7.27. The number of nitro benzene ring substituents is 1. The summed E-state index contributed by atoms with van der Waals surface area (Å²) in [4.78, 5) is 59.3. The Balaban J connectivity index is 1.36. The first-order valence-corrected chi connectivity index (χ1v) is 14.0. The number of amides is 1. The summed E-state index contributed by atoms with van der Waals surface area (Å²) in [5.41, 5.74) is 3.28. The molecule has 1 aliphatic carbocycles. The van der Waals surface area contributed by atoms with Crippen molar-refractivity contribution >= 4 is 57.0 Å². The van der Waals surface area contributed by atoms with Crippen molar-refractivity contribution in [3.63, 3.8) is 0 Å². The molecule has 0 bridgehead atoms. The predicted molar refractivity (Wildman–Crippen MR) is 143 cm³/mol. The molecule has 206 valence electrons. The van der Waals surface area contributed by atoms with Crippen molar-refractivity contribution < 1.29 is 29.2 Å². The first kappa shape index (κ1) is 26.4. The average molecular weight is 629 g/mol. The number of aliphatic carboxylic acids is 1. The molecule has 4 heterocycles. The van der Waals surface area contributed by atoms with Crippen molar-refractivity contribution in [3.8, 4) is 0 Å². The van der Waals surface area contributed by atoms with Gasteiger partial charge in [-0.3, -0.25) is 24.6 Å². The molecule has 1 aromatic carbocycles. The van der Waals surface area contributed by atoms with Gasteiger partial charge in [-0.25, -0.2) is 14.3 Å². The summed E-state index contributed by atoms with van der Waals surface area (Å²) in [6.45, 7) is 3.12. The molecule has 1 N–H and O–H groups in total. The number of aromatic nitrogens is 4. The lowest BCUT2D eigenvalue weighted by Gasteiger charge is -2.50. The third-order valence-corrected chi connectivity index (χ3v) is 10.2. The first-order chi connectivity index (χ1) is 19.0. The van der Waals surface area contributed by atoms with Crippen molar-refractivity contribution in [2.24, 2.45) is 0 Å². The fraction of sp³-hybridized carbons (Fsp3) is 0.360. The van der Waals surface area contributed by atoms with E-state index in [1.54, 1.807) is 16.6 Å². The molecular weight excluding hydrogens is 608 g/mol. The van der Waals surface area contributed by atoms with E-state index < -0.39 is 38.6 Å². The molecule has 1 amide bonds. The van der Waals surface area contributed by atoms with E-state index in [-0.39, 0.29) is 23.6 Å². The van der Waals surface area contributed by atoms with Crippen LogP contribution in [-0.4, -0.2) is 62.1 Å². The molecule has 2 aliphatic heterocycles. The van der Waals surface area contributed by atoms with Crippen LogP contribution in [0.25, 0.3) is 5.78 Å². The van der Waals surface area contributed by atoms with E-state index >= 15 is 0 Å². The molecule has 6 rings (SSSR count). The van der Waals surface area contributed by atoms with Crippen LogP contribution in [0.1, 0.15) is 47.8 Å².